The third kappa shape index (κ3) is 10.3. The summed E-state index contributed by atoms with van der Waals surface area (Å²) in [7, 11) is 0. The van der Waals surface area contributed by atoms with Crippen LogP contribution in [0.5, 0.6) is 0 Å². The van der Waals surface area contributed by atoms with Gasteiger partial charge in [-0.2, -0.15) is 0 Å². The summed E-state index contributed by atoms with van der Waals surface area (Å²) in [6, 6.07) is -3.96. The highest BCUT2D eigenvalue weighted by Gasteiger charge is 2.50. The van der Waals surface area contributed by atoms with E-state index in [1.54, 1.807) is 11.8 Å². The van der Waals surface area contributed by atoms with E-state index in [4.69, 9.17) is 10.5 Å². The third-order valence-electron chi connectivity index (χ3n) is 10.3. The van der Waals surface area contributed by atoms with Crippen LogP contribution in [0.25, 0.3) is 0 Å². The zero-order valence-electron chi connectivity index (χ0n) is 29.4. The Morgan fingerprint density at radius 2 is 1.60 bits per heavy atom. The second kappa shape index (κ2) is 16.1. The molecule has 0 bridgehead atoms. The molecule has 6 N–H and O–H groups in total. The van der Waals surface area contributed by atoms with Crippen LogP contribution in [0.15, 0.2) is 0 Å². The highest BCUT2D eigenvalue weighted by molar-refractivity contribution is 6.37. The molecule has 3 fully saturated rings. The number of nitrogens with zero attached hydrogens (tertiary/aromatic N) is 1. The molecule has 0 aromatic heterocycles. The van der Waals surface area contributed by atoms with Crippen molar-refractivity contribution in [3.05, 3.63) is 0 Å². The van der Waals surface area contributed by atoms with Crippen LogP contribution in [0.2, 0.25) is 0 Å². The minimum atomic E-state index is -1.10. The van der Waals surface area contributed by atoms with Gasteiger partial charge in [0.25, 0.3) is 5.91 Å². The first kappa shape index (κ1) is 38.1. The molecule has 3 rings (SSSR count). The van der Waals surface area contributed by atoms with Crippen molar-refractivity contribution in [1.29, 1.82) is 0 Å². The largest absolute Gasteiger partial charge is 0.447 e. The van der Waals surface area contributed by atoms with Crippen molar-refractivity contribution in [2.75, 3.05) is 19.7 Å². The molecular formula is C34H58N6O7. The van der Waals surface area contributed by atoms with Crippen LogP contribution in [0.4, 0.5) is 9.59 Å². The van der Waals surface area contributed by atoms with Crippen molar-refractivity contribution in [2.45, 2.75) is 130 Å². The summed E-state index contributed by atoms with van der Waals surface area (Å²) in [5.41, 5.74) is 4.29. The highest BCUT2D eigenvalue weighted by atomic mass is 16.5. The number of alkyl carbamates (subject to hydrolysis) is 1. The predicted molar refractivity (Wildman–Crippen MR) is 177 cm³/mol. The van der Waals surface area contributed by atoms with Crippen molar-refractivity contribution in [2.24, 2.45) is 34.3 Å². The number of Topliss-reactive ketones (excluding diaryl/α,β-unsaturated/α-hetero) is 1. The lowest BCUT2D eigenvalue weighted by atomic mass is 9.70. The molecule has 13 nitrogen and oxygen atoms in total. The number of ether oxygens (including phenoxy) is 1. The van der Waals surface area contributed by atoms with Gasteiger partial charge in [-0.1, -0.05) is 73.6 Å². The van der Waals surface area contributed by atoms with Crippen molar-refractivity contribution >= 4 is 35.6 Å². The molecule has 6 amide bonds. The number of urea groups is 1. The van der Waals surface area contributed by atoms with Crippen LogP contribution >= 0.6 is 0 Å². The van der Waals surface area contributed by atoms with Crippen LogP contribution in [0, 0.1) is 28.6 Å². The van der Waals surface area contributed by atoms with Crippen molar-refractivity contribution in [3.63, 3.8) is 0 Å². The lowest BCUT2D eigenvalue weighted by molar-refractivity contribution is -0.145. The maximum atomic E-state index is 14.6. The number of likely N-dealkylation sites (tertiary alicyclic amines) is 1. The van der Waals surface area contributed by atoms with Crippen molar-refractivity contribution in [1.82, 2.24) is 26.2 Å². The van der Waals surface area contributed by atoms with Crippen molar-refractivity contribution in [3.8, 4) is 0 Å². The van der Waals surface area contributed by atoms with E-state index in [1.807, 2.05) is 41.5 Å². The number of carbonyl (C=O) groups excluding carboxylic acids is 6. The summed E-state index contributed by atoms with van der Waals surface area (Å²) >= 11 is 0. The number of ketones is 1. The Bertz CT molecular complexity index is 1160. The molecule has 3 unspecified atom stereocenters. The summed E-state index contributed by atoms with van der Waals surface area (Å²) < 4.78 is 5.34. The zero-order valence-corrected chi connectivity index (χ0v) is 29.4. The molecule has 266 valence electrons. The summed E-state index contributed by atoms with van der Waals surface area (Å²) in [4.78, 5) is 80.3. The first-order chi connectivity index (χ1) is 22.0. The zero-order chi connectivity index (χ0) is 35.1. The first-order valence-corrected chi connectivity index (χ1v) is 17.4. The van der Waals surface area contributed by atoms with Gasteiger partial charge in [-0.05, 0) is 61.2 Å². The molecule has 2 aliphatic carbocycles. The second-order valence-corrected chi connectivity index (χ2v) is 15.5. The van der Waals surface area contributed by atoms with E-state index in [1.165, 1.54) is 0 Å². The second-order valence-electron chi connectivity index (χ2n) is 15.5. The molecule has 2 saturated carbocycles. The van der Waals surface area contributed by atoms with E-state index < -0.39 is 64.7 Å². The van der Waals surface area contributed by atoms with E-state index in [9.17, 15) is 28.8 Å². The maximum absolute atomic E-state index is 14.6. The molecule has 0 aromatic rings. The molecule has 1 saturated heterocycles. The first-order valence-electron chi connectivity index (χ1n) is 17.4. The molecule has 1 aliphatic heterocycles. The number of hydrogen-bond acceptors (Lipinski definition) is 7. The quantitative estimate of drug-likeness (QED) is 0.177. The standard InChI is InChI=1S/C34H58N6O7/c1-8-36-32(46)47-19-24(33(4,5)6)38-31(45)39-27(34(7)15-10-9-11-16-34)30(44)40-17-14-22(20(2)3)25(40)29(43)37-23(18-21-12-13-21)26(41)28(35)42/h20-25,27H,8-19H2,1-7H3,(H2,35,42)(H,36,46)(H,37,43)(H2,38,39,45)/t22-,23?,24?,25?,27-/m1/s1. The monoisotopic (exact) mass is 662 g/mol. The van der Waals surface area contributed by atoms with Gasteiger partial charge in [0.1, 0.15) is 18.7 Å². The number of nitrogens with one attached hydrogen (secondary N) is 4. The third-order valence-corrected chi connectivity index (χ3v) is 10.3. The average molecular weight is 663 g/mol. The Morgan fingerprint density at radius 1 is 0.957 bits per heavy atom. The number of carbonyl (C=O) groups is 6. The molecule has 47 heavy (non-hydrogen) atoms. The van der Waals surface area contributed by atoms with Gasteiger partial charge >= 0.3 is 12.1 Å². The summed E-state index contributed by atoms with van der Waals surface area (Å²) in [6.07, 6.45) is 6.47. The van der Waals surface area contributed by atoms with Gasteiger partial charge in [-0.3, -0.25) is 19.2 Å². The molecule has 3 aliphatic rings. The maximum Gasteiger partial charge on any atom is 0.407 e. The number of primary amides is 1. The molecule has 0 radical (unpaired) electrons. The van der Waals surface area contributed by atoms with Crippen LogP contribution in [0.1, 0.15) is 106 Å². The fourth-order valence-electron chi connectivity index (χ4n) is 6.99. The molecule has 1 heterocycles. The van der Waals surface area contributed by atoms with Gasteiger partial charge in [0.2, 0.25) is 17.6 Å². The average Bonchev–Trinajstić information content (AvgIpc) is 3.69. The summed E-state index contributed by atoms with van der Waals surface area (Å²) in [6.45, 7) is 14.2. The Labute approximate surface area is 279 Å². The van der Waals surface area contributed by atoms with Gasteiger partial charge in [-0.15, -0.1) is 0 Å². The molecule has 5 atom stereocenters. The number of amides is 6. The van der Waals surface area contributed by atoms with Gasteiger partial charge in [0.05, 0.1) is 12.1 Å². The van der Waals surface area contributed by atoms with Gasteiger partial charge < -0.3 is 36.6 Å². The summed E-state index contributed by atoms with van der Waals surface area (Å²) in [5.74, 6) is -2.66. The van der Waals surface area contributed by atoms with E-state index in [-0.39, 0.29) is 30.3 Å². The van der Waals surface area contributed by atoms with Gasteiger partial charge in [0, 0.05) is 13.1 Å². The Balaban J connectivity index is 1.87. The molecular weight excluding hydrogens is 604 g/mol. The van der Waals surface area contributed by atoms with Crippen LogP contribution in [-0.4, -0.2) is 84.4 Å². The Hall–Kier alpha value is -3.38. The van der Waals surface area contributed by atoms with E-state index in [0.29, 0.717) is 25.9 Å². The van der Waals surface area contributed by atoms with Crippen LogP contribution in [0.3, 0.4) is 0 Å². The van der Waals surface area contributed by atoms with Crippen LogP contribution in [-0.2, 0) is 23.9 Å². The number of nitrogens with two attached hydrogens (primary N) is 1. The lowest BCUT2D eigenvalue weighted by Crippen LogP contribution is -2.63. The summed E-state index contributed by atoms with van der Waals surface area (Å²) in [5, 5.41) is 11.3. The normalized spacial score (nSPS) is 22.9. The fraction of sp³-hybridized carbons (Fsp3) is 0.824. The molecule has 13 heteroatoms. The molecule has 0 spiro atoms. The highest BCUT2D eigenvalue weighted by Crippen LogP contribution is 2.41. The van der Waals surface area contributed by atoms with E-state index >= 15 is 0 Å². The van der Waals surface area contributed by atoms with E-state index in [2.05, 4.69) is 21.3 Å². The minimum Gasteiger partial charge on any atom is -0.447 e. The minimum absolute atomic E-state index is 0.0506. The topological polar surface area (TPSA) is 189 Å². The lowest BCUT2D eigenvalue weighted by Gasteiger charge is -2.43. The Morgan fingerprint density at radius 3 is 2.13 bits per heavy atom. The Kier molecular flexibility index (Phi) is 13.1. The van der Waals surface area contributed by atoms with Gasteiger partial charge in [0.15, 0.2) is 0 Å². The van der Waals surface area contributed by atoms with E-state index in [0.717, 1.165) is 44.9 Å². The predicted octanol–water partition coefficient (Wildman–Crippen LogP) is 3.00. The number of hydrogen-bond donors (Lipinski definition) is 5. The smallest absolute Gasteiger partial charge is 0.407 e. The van der Waals surface area contributed by atoms with Gasteiger partial charge in [-0.25, -0.2) is 9.59 Å². The van der Waals surface area contributed by atoms with Crippen molar-refractivity contribution < 1.29 is 33.5 Å². The molecule has 0 aromatic carbocycles. The SMILES string of the molecule is CCNC(=O)OCC(NC(=O)N[C@H](C(=O)N1CC[C@H](C(C)C)C1C(=O)NC(CC1CC1)C(=O)C(N)=O)C1(C)CCCCC1)C(C)(C)C. The number of rotatable bonds is 14. The van der Waals surface area contributed by atoms with Crippen LogP contribution < -0.4 is 27.0 Å². The fourth-order valence-corrected chi connectivity index (χ4v) is 6.99.